The van der Waals surface area contributed by atoms with E-state index in [0.29, 0.717) is 11.3 Å². The van der Waals surface area contributed by atoms with Crippen molar-refractivity contribution in [1.82, 2.24) is 5.32 Å². The molecule has 0 radical (unpaired) electrons. The van der Waals surface area contributed by atoms with Gasteiger partial charge in [-0.15, -0.1) is 0 Å². The van der Waals surface area contributed by atoms with E-state index in [0.717, 1.165) is 6.42 Å². The van der Waals surface area contributed by atoms with Crippen LogP contribution in [0.25, 0.3) is 0 Å². The van der Waals surface area contributed by atoms with Gasteiger partial charge in [-0.25, -0.2) is 0 Å². The fourth-order valence-electron chi connectivity index (χ4n) is 2.39. The van der Waals surface area contributed by atoms with Gasteiger partial charge in [0, 0.05) is 11.6 Å². The van der Waals surface area contributed by atoms with Crippen LogP contribution in [0.2, 0.25) is 0 Å². The largest absolute Gasteiger partial charge is 0.493 e. The highest BCUT2D eigenvalue weighted by Gasteiger charge is 2.17. The maximum atomic E-state index is 12.6. The Morgan fingerprint density at radius 2 is 1.79 bits per heavy atom. The van der Waals surface area contributed by atoms with Crippen LogP contribution in [0.15, 0.2) is 42.5 Å². The van der Waals surface area contributed by atoms with Gasteiger partial charge in [0.15, 0.2) is 11.5 Å². The number of anilines is 1. The van der Waals surface area contributed by atoms with E-state index in [1.54, 1.807) is 24.3 Å². The summed E-state index contributed by atoms with van der Waals surface area (Å²) in [6, 6.07) is 10.4. The van der Waals surface area contributed by atoms with Crippen molar-refractivity contribution < 1.29 is 27.8 Å². The van der Waals surface area contributed by atoms with Crippen molar-refractivity contribution >= 4 is 17.5 Å². The number of methoxy groups -OCH3 is 1. The molecule has 0 saturated carbocycles. The smallest absolute Gasteiger partial charge is 0.387 e. The molecule has 1 atom stereocenters. The minimum absolute atomic E-state index is 0.00394. The Kier molecular flexibility index (Phi) is 7.31. The van der Waals surface area contributed by atoms with Crippen LogP contribution in [0, 0.1) is 0 Å². The second-order valence-corrected chi connectivity index (χ2v) is 6.03. The molecule has 150 valence electrons. The van der Waals surface area contributed by atoms with Crippen molar-refractivity contribution in [3.63, 3.8) is 0 Å². The number of benzene rings is 2. The van der Waals surface area contributed by atoms with Crippen molar-refractivity contribution in [1.29, 1.82) is 0 Å². The van der Waals surface area contributed by atoms with Gasteiger partial charge in [-0.1, -0.05) is 19.1 Å². The second kappa shape index (κ2) is 9.68. The molecule has 0 aliphatic heterocycles. The molecule has 0 fully saturated rings. The normalized spacial score (nSPS) is 11.6. The van der Waals surface area contributed by atoms with Crippen LogP contribution in [-0.2, 0) is 0 Å². The minimum Gasteiger partial charge on any atom is -0.493 e. The van der Waals surface area contributed by atoms with Crippen LogP contribution >= 0.6 is 0 Å². The van der Waals surface area contributed by atoms with Crippen molar-refractivity contribution in [2.45, 2.75) is 32.9 Å². The average Bonchev–Trinajstić information content (AvgIpc) is 2.67. The third kappa shape index (κ3) is 5.42. The quantitative estimate of drug-likeness (QED) is 0.710. The molecule has 0 aromatic heterocycles. The molecule has 0 heterocycles. The number of amides is 2. The molecule has 0 aliphatic rings. The summed E-state index contributed by atoms with van der Waals surface area (Å²) in [5, 5.41) is 5.51. The van der Waals surface area contributed by atoms with Gasteiger partial charge in [-0.2, -0.15) is 8.78 Å². The molecule has 0 unspecified atom stereocenters. The molecule has 0 aliphatic carbocycles. The Morgan fingerprint density at radius 3 is 2.43 bits per heavy atom. The maximum Gasteiger partial charge on any atom is 0.387 e. The lowest BCUT2D eigenvalue weighted by Crippen LogP contribution is -2.32. The fourth-order valence-corrected chi connectivity index (χ4v) is 2.39. The molecule has 0 saturated heterocycles. The lowest BCUT2D eigenvalue weighted by Gasteiger charge is -2.15. The number of alkyl halides is 2. The Morgan fingerprint density at radius 1 is 1.07 bits per heavy atom. The topological polar surface area (TPSA) is 76.7 Å². The summed E-state index contributed by atoms with van der Waals surface area (Å²) in [5.74, 6) is -1.01. The standard InChI is InChI=1S/C20H22F2N2O4/c1-4-12(2)23-19(26)14-7-5-6-8-15(14)24-18(25)13-9-10-16(28-20(21)22)17(11-13)27-3/h5-12,20H,4H2,1-3H3,(H,23,26)(H,24,25)/t12-/m0/s1. The number of para-hydroxylation sites is 1. The molecule has 2 N–H and O–H groups in total. The zero-order chi connectivity index (χ0) is 20.7. The predicted molar refractivity (Wildman–Crippen MR) is 101 cm³/mol. The van der Waals surface area contributed by atoms with Gasteiger partial charge in [-0.3, -0.25) is 9.59 Å². The number of nitrogens with one attached hydrogen (secondary N) is 2. The van der Waals surface area contributed by atoms with Crippen LogP contribution in [0.1, 0.15) is 41.0 Å². The van der Waals surface area contributed by atoms with Gasteiger partial charge < -0.3 is 20.1 Å². The minimum atomic E-state index is -3.01. The van der Waals surface area contributed by atoms with Crippen LogP contribution in [0.5, 0.6) is 11.5 Å². The van der Waals surface area contributed by atoms with Crippen LogP contribution in [-0.4, -0.2) is 31.6 Å². The Hall–Kier alpha value is -3.16. The summed E-state index contributed by atoms with van der Waals surface area (Å²) >= 11 is 0. The molecule has 8 heteroatoms. The Labute approximate surface area is 161 Å². The van der Waals surface area contributed by atoms with Crippen molar-refractivity contribution in [3.05, 3.63) is 53.6 Å². The van der Waals surface area contributed by atoms with E-state index < -0.39 is 12.5 Å². The van der Waals surface area contributed by atoms with Gasteiger partial charge in [0.25, 0.3) is 11.8 Å². The van der Waals surface area contributed by atoms with E-state index in [2.05, 4.69) is 15.4 Å². The van der Waals surface area contributed by atoms with E-state index in [1.807, 2.05) is 13.8 Å². The summed E-state index contributed by atoms with van der Waals surface area (Å²) in [6.45, 7) is 0.825. The van der Waals surface area contributed by atoms with E-state index in [4.69, 9.17) is 4.74 Å². The van der Waals surface area contributed by atoms with Gasteiger partial charge in [0.05, 0.1) is 18.4 Å². The number of hydrogen-bond donors (Lipinski definition) is 2. The number of halogens is 2. The molecule has 2 amide bonds. The van der Waals surface area contributed by atoms with Crippen LogP contribution < -0.4 is 20.1 Å². The summed E-state index contributed by atoms with van der Waals surface area (Å²) in [5.41, 5.74) is 0.816. The van der Waals surface area contributed by atoms with E-state index in [-0.39, 0.29) is 29.0 Å². The highest BCUT2D eigenvalue weighted by molar-refractivity contribution is 6.09. The van der Waals surface area contributed by atoms with Crippen molar-refractivity contribution in [3.8, 4) is 11.5 Å². The first kappa shape index (κ1) is 21.1. The third-order valence-corrected chi connectivity index (χ3v) is 4.05. The molecule has 0 bridgehead atoms. The zero-order valence-corrected chi connectivity index (χ0v) is 15.8. The highest BCUT2D eigenvalue weighted by atomic mass is 19.3. The van der Waals surface area contributed by atoms with Gasteiger partial charge in [-0.05, 0) is 43.7 Å². The number of hydrogen-bond acceptors (Lipinski definition) is 4. The molecular weight excluding hydrogens is 370 g/mol. The zero-order valence-electron chi connectivity index (χ0n) is 15.8. The highest BCUT2D eigenvalue weighted by Crippen LogP contribution is 2.30. The first-order valence-electron chi connectivity index (χ1n) is 8.69. The van der Waals surface area contributed by atoms with Crippen molar-refractivity contribution in [2.24, 2.45) is 0 Å². The summed E-state index contributed by atoms with van der Waals surface area (Å²) in [7, 11) is 1.28. The van der Waals surface area contributed by atoms with Crippen LogP contribution in [0.3, 0.4) is 0 Å². The van der Waals surface area contributed by atoms with Gasteiger partial charge in [0.1, 0.15) is 0 Å². The van der Waals surface area contributed by atoms with E-state index >= 15 is 0 Å². The van der Waals surface area contributed by atoms with Crippen molar-refractivity contribution in [2.75, 3.05) is 12.4 Å². The molecule has 2 aromatic rings. The SMILES string of the molecule is CC[C@H](C)NC(=O)c1ccccc1NC(=O)c1ccc(OC(F)F)c(OC)c1. The average molecular weight is 392 g/mol. The first-order chi connectivity index (χ1) is 13.3. The van der Waals surface area contributed by atoms with Crippen LogP contribution in [0.4, 0.5) is 14.5 Å². The monoisotopic (exact) mass is 392 g/mol. The molecular formula is C20H22F2N2O4. The Bertz CT molecular complexity index is 843. The van der Waals surface area contributed by atoms with E-state index in [9.17, 15) is 18.4 Å². The molecule has 6 nitrogen and oxygen atoms in total. The third-order valence-electron chi connectivity index (χ3n) is 4.05. The number of carbonyl (C=O) groups is 2. The molecule has 0 spiro atoms. The molecule has 28 heavy (non-hydrogen) atoms. The predicted octanol–water partition coefficient (Wildman–Crippen LogP) is 4.08. The lowest BCUT2D eigenvalue weighted by atomic mass is 10.1. The summed E-state index contributed by atoms with van der Waals surface area (Å²) in [6.07, 6.45) is 0.771. The van der Waals surface area contributed by atoms with Gasteiger partial charge >= 0.3 is 6.61 Å². The summed E-state index contributed by atoms with van der Waals surface area (Å²) < 4.78 is 34.2. The second-order valence-electron chi connectivity index (χ2n) is 6.03. The maximum absolute atomic E-state index is 12.6. The van der Waals surface area contributed by atoms with E-state index in [1.165, 1.54) is 25.3 Å². The first-order valence-corrected chi connectivity index (χ1v) is 8.69. The van der Waals surface area contributed by atoms with Gasteiger partial charge in [0.2, 0.25) is 0 Å². The summed E-state index contributed by atoms with van der Waals surface area (Å²) in [4.78, 5) is 25.0. The Balaban J connectivity index is 2.22. The molecule has 2 rings (SSSR count). The number of carbonyl (C=O) groups excluding carboxylic acids is 2. The lowest BCUT2D eigenvalue weighted by molar-refractivity contribution is -0.0512. The molecule has 2 aromatic carbocycles. The number of rotatable bonds is 8. The fraction of sp³-hybridized carbons (Fsp3) is 0.300. The number of ether oxygens (including phenoxy) is 2.